The zero-order valence-corrected chi connectivity index (χ0v) is 9.52. The molecule has 1 heterocycles. The van der Waals surface area contributed by atoms with Crippen molar-refractivity contribution in [3.8, 4) is 0 Å². The molecule has 6 heteroatoms. The number of urea groups is 1. The van der Waals surface area contributed by atoms with E-state index in [1.165, 1.54) is 21.8 Å². The summed E-state index contributed by atoms with van der Waals surface area (Å²) in [5.41, 5.74) is 5.64. The second-order valence-electron chi connectivity index (χ2n) is 3.19. The summed E-state index contributed by atoms with van der Waals surface area (Å²) in [5.74, 6) is 0. The van der Waals surface area contributed by atoms with Crippen molar-refractivity contribution >= 4 is 18.0 Å². The zero-order valence-electron chi connectivity index (χ0n) is 8.70. The molecule has 14 heavy (non-hydrogen) atoms. The molecule has 1 rings (SSSR count). The van der Waals surface area contributed by atoms with Gasteiger partial charge in [-0.15, -0.1) is 0 Å². The predicted octanol–water partition coefficient (Wildman–Crippen LogP) is 1.28. The topological polar surface area (TPSA) is 47.6 Å². The summed E-state index contributed by atoms with van der Waals surface area (Å²) >= 11 is 1.51. The summed E-state index contributed by atoms with van der Waals surface area (Å²) in [7, 11) is 3.41. The third kappa shape index (κ3) is 3.12. The number of amides is 2. The maximum absolute atomic E-state index is 11.3. The highest BCUT2D eigenvalue weighted by molar-refractivity contribution is 8.00. The van der Waals surface area contributed by atoms with Crippen molar-refractivity contribution in [1.82, 2.24) is 20.3 Å². The summed E-state index contributed by atoms with van der Waals surface area (Å²) in [6.45, 7) is 2.13. The Morgan fingerprint density at radius 2 is 2.43 bits per heavy atom. The Morgan fingerprint density at radius 1 is 1.71 bits per heavy atom. The van der Waals surface area contributed by atoms with Gasteiger partial charge in [0.25, 0.3) is 0 Å². The van der Waals surface area contributed by atoms with Crippen LogP contribution in [0.1, 0.15) is 19.8 Å². The number of hydrogen-bond acceptors (Lipinski definition) is 4. The molecule has 0 atom stereocenters. The Kier molecular flexibility index (Phi) is 4.09. The van der Waals surface area contributed by atoms with E-state index < -0.39 is 0 Å². The highest BCUT2D eigenvalue weighted by Crippen LogP contribution is 2.26. The summed E-state index contributed by atoms with van der Waals surface area (Å²) < 4.78 is 1.60. The van der Waals surface area contributed by atoms with Gasteiger partial charge in [0.15, 0.2) is 0 Å². The number of nitrogens with one attached hydrogen (secondary N) is 2. The largest absolute Gasteiger partial charge is 0.333 e. The molecule has 0 spiro atoms. The number of allylic oxidation sites excluding steroid dienone is 1. The quantitative estimate of drug-likeness (QED) is 0.698. The lowest BCUT2D eigenvalue weighted by molar-refractivity contribution is 0.193. The fraction of sp³-hybridized carbons (Fsp3) is 0.625. The molecule has 0 radical (unpaired) electrons. The van der Waals surface area contributed by atoms with E-state index in [1.54, 1.807) is 18.6 Å². The Bertz CT molecular complexity index is 241. The molecule has 0 bridgehead atoms. The molecule has 1 aliphatic heterocycles. The molecule has 2 amide bonds. The molecule has 1 aliphatic rings. The molecule has 0 fully saturated rings. The molecule has 0 saturated carbocycles. The van der Waals surface area contributed by atoms with Crippen molar-refractivity contribution in [2.45, 2.75) is 19.8 Å². The monoisotopic (exact) mass is 216 g/mol. The summed E-state index contributed by atoms with van der Waals surface area (Å²) in [6, 6.07) is -0.142. The van der Waals surface area contributed by atoms with Crippen molar-refractivity contribution in [1.29, 1.82) is 0 Å². The second kappa shape index (κ2) is 5.11. The van der Waals surface area contributed by atoms with Crippen LogP contribution in [0.4, 0.5) is 4.79 Å². The van der Waals surface area contributed by atoms with E-state index in [9.17, 15) is 4.79 Å². The number of hydrogen-bond donors (Lipinski definition) is 2. The normalized spacial score (nSPS) is 16.1. The average Bonchev–Trinajstić information content (AvgIpc) is 2.53. The Morgan fingerprint density at radius 3 is 3.00 bits per heavy atom. The van der Waals surface area contributed by atoms with Gasteiger partial charge in [-0.25, -0.2) is 10.2 Å². The van der Waals surface area contributed by atoms with Gasteiger partial charge >= 0.3 is 6.03 Å². The van der Waals surface area contributed by atoms with E-state index in [2.05, 4.69) is 17.8 Å². The van der Waals surface area contributed by atoms with Crippen LogP contribution >= 0.6 is 11.9 Å². The van der Waals surface area contributed by atoms with Crippen molar-refractivity contribution in [3.05, 3.63) is 11.1 Å². The van der Waals surface area contributed by atoms with Gasteiger partial charge in [-0.05, 0) is 18.4 Å². The molecule has 0 unspecified atom stereocenters. The molecular weight excluding hydrogens is 200 g/mol. The molecule has 2 N–H and O–H groups in total. The fourth-order valence-electron chi connectivity index (χ4n) is 0.907. The zero-order chi connectivity index (χ0) is 10.6. The van der Waals surface area contributed by atoms with Crippen LogP contribution in [-0.2, 0) is 0 Å². The first-order valence-electron chi connectivity index (χ1n) is 4.54. The number of rotatable bonds is 3. The average molecular weight is 216 g/mol. The van der Waals surface area contributed by atoms with Crippen LogP contribution in [0.3, 0.4) is 0 Å². The number of carbonyl (C=O) groups is 1. The first-order chi connectivity index (χ1) is 6.63. The van der Waals surface area contributed by atoms with Gasteiger partial charge in [-0.3, -0.25) is 5.43 Å². The molecule has 80 valence electrons. The third-order valence-electron chi connectivity index (χ3n) is 1.65. The highest BCUT2D eigenvalue weighted by Gasteiger charge is 2.16. The third-order valence-corrected chi connectivity index (χ3v) is 2.59. The van der Waals surface area contributed by atoms with E-state index in [-0.39, 0.29) is 6.03 Å². The van der Waals surface area contributed by atoms with Crippen LogP contribution in [-0.4, -0.2) is 29.5 Å². The molecule has 0 aromatic carbocycles. The SMILES string of the molecule is CCCC1=CNN(NC(=O)N(C)C)S1. The van der Waals surface area contributed by atoms with Gasteiger partial charge in [-0.2, -0.15) is 0 Å². The molecular formula is C8H16N4OS. The predicted molar refractivity (Wildman–Crippen MR) is 57.8 cm³/mol. The van der Waals surface area contributed by atoms with Crippen LogP contribution in [0.25, 0.3) is 0 Å². The van der Waals surface area contributed by atoms with Crippen molar-refractivity contribution < 1.29 is 4.79 Å². The van der Waals surface area contributed by atoms with Crippen molar-refractivity contribution in [2.75, 3.05) is 14.1 Å². The minimum absolute atomic E-state index is 0.142. The van der Waals surface area contributed by atoms with E-state index in [1.807, 2.05) is 6.20 Å². The summed E-state index contributed by atoms with van der Waals surface area (Å²) in [4.78, 5) is 14.0. The van der Waals surface area contributed by atoms with Gasteiger partial charge in [0, 0.05) is 25.2 Å². The second-order valence-corrected chi connectivity index (χ2v) is 4.26. The standard InChI is InChI=1S/C8H16N4OS/c1-4-5-7-6-9-12(14-7)10-8(13)11(2)3/h6,9H,4-5H2,1-3H3,(H,10,13). The van der Waals surface area contributed by atoms with Crippen LogP contribution in [0, 0.1) is 0 Å². The first kappa shape index (κ1) is 11.2. The lowest BCUT2D eigenvalue weighted by Crippen LogP contribution is -2.46. The Hall–Kier alpha value is -0.880. The first-order valence-corrected chi connectivity index (χ1v) is 5.32. The van der Waals surface area contributed by atoms with Crippen LogP contribution in [0.15, 0.2) is 11.1 Å². The maximum Gasteiger partial charge on any atom is 0.333 e. The molecule has 0 aromatic rings. The van der Waals surface area contributed by atoms with Gasteiger partial charge < -0.3 is 4.90 Å². The van der Waals surface area contributed by atoms with Crippen molar-refractivity contribution in [2.24, 2.45) is 0 Å². The van der Waals surface area contributed by atoms with E-state index in [0.29, 0.717) is 0 Å². The lowest BCUT2D eigenvalue weighted by Gasteiger charge is -2.19. The van der Waals surface area contributed by atoms with Crippen LogP contribution in [0.5, 0.6) is 0 Å². The van der Waals surface area contributed by atoms with Crippen LogP contribution in [0.2, 0.25) is 0 Å². The smallest absolute Gasteiger partial charge is 0.330 e. The highest BCUT2D eigenvalue weighted by atomic mass is 32.2. The number of carbonyl (C=O) groups excluding carboxylic acids is 1. The summed E-state index contributed by atoms with van der Waals surface area (Å²) in [6.07, 6.45) is 4.05. The molecule has 5 nitrogen and oxygen atoms in total. The Balaban J connectivity index is 2.28. The van der Waals surface area contributed by atoms with Gasteiger partial charge in [0.2, 0.25) is 0 Å². The summed E-state index contributed by atoms with van der Waals surface area (Å²) in [5, 5.41) is 0. The fourth-order valence-corrected chi connectivity index (χ4v) is 1.77. The molecule has 0 aromatic heterocycles. The van der Waals surface area contributed by atoms with E-state index in [0.717, 1.165) is 12.8 Å². The van der Waals surface area contributed by atoms with Gasteiger partial charge in [-0.1, -0.05) is 17.9 Å². The number of hydrazine groups is 2. The van der Waals surface area contributed by atoms with Gasteiger partial charge in [0.05, 0.1) is 0 Å². The van der Waals surface area contributed by atoms with Gasteiger partial charge in [0.1, 0.15) is 0 Å². The maximum atomic E-state index is 11.3. The van der Waals surface area contributed by atoms with E-state index >= 15 is 0 Å². The van der Waals surface area contributed by atoms with E-state index in [4.69, 9.17) is 0 Å². The number of nitrogens with zero attached hydrogens (tertiary/aromatic N) is 2. The minimum Gasteiger partial charge on any atom is -0.330 e. The molecule has 0 saturated heterocycles. The lowest BCUT2D eigenvalue weighted by atomic mass is 10.3. The van der Waals surface area contributed by atoms with Crippen molar-refractivity contribution in [3.63, 3.8) is 0 Å². The van der Waals surface area contributed by atoms with Crippen LogP contribution < -0.4 is 10.9 Å². The minimum atomic E-state index is -0.142. The molecule has 0 aliphatic carbocycles. The Labute approximate surface area is 88.6 Å².